The van der Waals surface area contributed by atoms with Crippen molar-refractivity contribution in [1.82, 2.24) is 0 Å². The summed E-state index contributed by atoms with van der Waals surface area (Å²) in [4.78, 5) is 2.40. The average Bonchev–Trinajstić information content (AvgIpc) is 3.06. The summed E-state index contributed by atoms with van der Waals surface area (Å²) in [6.45, 7) is 3.22. The van der Waals surface area contributed by atoms with Gasteiger partial charge in [0.25, 0.3) is 0 Å². The van der Waals surface area contributed by atoms with E-state index in [0.29, 0.717) is 5.69 Å². The lowest BCUT2D eigenvalue weighted by molar-refractivity contribution is 0.417. The van der Waals surface area contributed by atoms with Crippen LogP contribution in [0.3, 0.4) is 0 Å². The predicted molar refractivity (Wildman–Crippen MR) is 63.4 cm³/mol. The van der Waals surface area contributed by atoms with E-state index in [9.17, 15) is 0 Å². The Morgan fingerprint density at radius 2 is 2.20 bits per heavy atom. The number of anilines is 2. The number of hydrogen-bond donors (Lipinski definition) is 1. The van der Waals surface area contributed by atoms with Crippen LogP contribution in [-0.2, 0) is 0 Å². The molecule has 2 rings (SSSR count). The first-order valence-electron chi connectivity index (χ1n) is 5.46. The normalized spacial score (nSPS) is 15.1. The second-order valence-corrected chi connectivity index (χ2v) is 3.94. The third kappa shape index (κ3) is 2.01. The topological polar surface area (TPSA) is 38.5 Å². The van der Waals surface area contributed by atoms with Crippen molar-refractivity contribution >= 4 is 11.4 Å². The Labute approximate surface area is 90.8 Å². The molecule has 0 amide bonds. The van der Waals surface area contributed by atoms with Gasteiger partial charge < -0.3 is 15.4 Å². The summed E-state index contributed by atoms with van der Waals surface area (Å²) in [6, 6.07) is 6.74. The minimum Gasteiger partial charge on any atom is -0.495 e. The highest BCUT2D eigenvalue weighted by Crippen LogP contribution is 2.34. The fourth-order valence-electron chi connectivity index (χ4n) is 1.92. The van der Waals surface area contributed by atoms with Crippen LogP contribution < -0.4 is 15.4 Å². The first-order chi connectivity index (χ1) is 7.26. The molecule has 0 spiro atoms. The Kier molecular flexibility index (Phi) is 2.71. The molecule has 0 aliphatic heterocycles. The van der Waals surface area contributed by atoms with E-state index in [1.165, 1.54) is 18.5 Å². The van der Waals surface area contributed by atoms with Crippen LogP contribution in [0, 0.1) is 0 Å². The molecule has 0 heterocycles. The monoisotopic (exact) mass is 206 g/mol. The molecule has 1 saturated carbocycles. The van der Waals surface area contributed by atoms with Gasteiger partial charge >= 0.3 is 0 Å². The van der Waals surface area contributed by atoms with Crippen molar-refractivity contribution in [3.63, 3.8) is 0 Å². The molecule has 1 aromatic rings. The fourth-order valence-corrected chi connectivity index (χ4v) is 1.92. The first-order valence-corrected chi connectivity index (χ1v) is 5.46. The highest BCUT2D eigenvalue weighted by molar-refractivity contribution is 5.63. The summed E-state index contributed by atoms with van der Waals surface area (Å²) in [6.07, 6.45) is 2.61. The smallest absolute Gasteiger partial charge is 0.143 e. The summed E-state index contributed by atoms with van der Waals surface area (Å²) >= 11 is 0. The van der Waals surface area contributed by atoms with Crippen molar-refractivity contribution < 1.29 is 4.74 Å². The molecule has 0 radical (unpaired) electrons. The predicted octanol–water partition coefficient (Wildman–Crippen LogP) is 2.27. The molecule has 0 saturated heterocycles. The van der Waals surface area contributed by atoms with Crippen LogP contribution in [0.15, 0.2) is 18.2 Å². The van der Waals surface area contributed by atoms with Gasteiger partial charge in [0.2, 0.25) is 0 Å². The number of hydrogen-bond acceptors (Lipinski definition) is 3. The lowest BCUT2D eigenvalue weighted by Gasteiger charge is -2.23. The van der Waals surface area contributed by atoms with Crippen LogP contribution in [-0.4, -0.2) is 19.7 Å². The van der Waals surface area contributed by atoms with E-state index in [-0.39, 0.29) is 0 Å². The van der Waals surface area contributed by atoms with E-state index in [1.807, 2.05) is 12.1 Å². The quantitative estimate of drug-likeness (QED) is 0.768. The minimum atomic E-state index is 0.702. The van der Waals surface area contributed by atoms with Crippen molar-refractivity contribution in [3.05, 3.63) is 18.2 Å². The van der Waals surface area contributed by atoms with Crippen LogP contribution in [0.1, 0.15) is 19.8 Å². The van der Waals surface area contributed by atoms with E-state index >= 15 is 0 Å². The van der Waals surface area contributed by atoms with Crippen LogP contribution in [0.5, 0.6) is 5.75 Å². The Hall–Kier alpha value is -1.38. The number of nitrogens with two attached hydrogens (primary N) is 1. The highest BCUT2D eigenvalue weighted by atomic mass is 16.5. The van der Waals surface area contributed by atoms with E-state index in [4.69, 9.17) is 10.5 Å². The molecule has 0 bridgehead atoms. The maximum Gasteiger partial charge on any atom is 0.143 e. The second-order valence-electron chi connectivity index (χ2n) is 3.94. The van der Waals surface area contributed by atoms with Crippen LogP contribution in [0.25, 0.3) is 0 Å². The standard InChI is InChI=1S/C12H18N2O/c1-3-14(9-4-5-9)10-6-7-11(13)12(8-10)15-2/h6-9H,3-5,13H2,1-2H3. The lowest BCUT2D eigenvalue weighted by atomic mass is 10.2. The number of ether oxygens (including phenoxy) is 1. The minimum absolute atomic E-state index is 0.702. The van der Waals surface area contributed by atoms with Gasteiger partial charge in [0.15, 0.2) is 0 Å². The molecule has 3 nitrogen and oxygen atoms in total. The van der Waals surface area contributed by atoms with Gasteiger partial charge in [-0.05, 0) is 31.9 Å². The molecular weight excluding hydrogens is 188 g/mol. The molecule has 15 heavy (non-hydrogen) atoms. The van der Waals surface area contributed by atoms with Gasteiger partial charge in [-0.1, -0.05) is 0 Å². The molecular formula is C12H18N2O. The Morgan fingerprint density at radius 3 is 2.73 bits per heavy atom. The maximum atomic E-state index is 5.79. The zero-order chi connectivity index (χ0) is 10.8. The zero-order valence-corrected chi connectivity index (χ0v) is 9.36. The Bertz CT molecular complexity index is 347. The Balaban J connectivity index is 2.26. The lowest BCUT2D eigenvalue weighted by Crippen LogP contribution is -2.24. The van der Waals surface area contributed by atoms with Crippen LogP contribution in [0.4, 0.5) is 11.4 Å². The van der Waals surface area contributed by atoms with Crippen molar-refractivity contribution in [3.8, 4) is 5.75 Å². The molecule has 1 fully saturated rings. The number of benzene rings is 1. The molecule has 0 atom stereocenters. The zero-order valence-electron chi connectivity index (χ0n) is 9.36. The third-order valence-electron chi connectivity index (χ3n) is 2.88. The Morgan fingerprint density at radius 1 is 1.47 bits per heavy atom. The van der Waals surface area contributed by atoms with Gasteiger partial charge in [0.1, 0.15) is 5.75 Å². The summed E-state index contributed by atoms with van der Waals surface area (Å²) in [7, 11) is 1.66. The van der Waals surface area contributed by atoms with Gasteiger partial charge in [-0.25, -0.2) is 0 Å². The maximum absolute atomic E-state index is 5.79. The van der Waals surface area contributed by atoms with Crippen molar-refractivity contribution in [1.29, 1.82) is 0 Å². The van der Waals surface area contributed by atoms with E-state index in [0.717, 1.165) is 18.3 Å². The highest BCUT2D eigenvalue weighted by Gasteiger charge is 2.28. The van der Waals surface area contributed by atoms with Gasteiger partial charge in [-0.2, -0.15) is 0 Å². The van der Waals surface area contributed by atoms with Crippen LogP contribution in [0.2, 0.25) is 0 Å². The van der Waals surface area contributed by atoms with Crippen LogP contribution >= 0.6 is 0 Å². The summed E-state index contributed by atoms with van der Waals surface area (Å²) < 4.78 is 5.23. The second kappa shape index (κ2) is 4.01. The van der Waals surface area contributed by atoms with E-state index in [2.05, 4.69) is 17.9 Å². The van der Waals surface area contributed by atoms with E-state index in [1.54, 1.807) is 7.11 Å². The number of nitrogens with zero attached hydrogens (tertiary/aromatic N) is 1. The molecule has 3 heteroatoms. The van der Waals surface area contributed by atoms with Gasteiger partial charge in [0.05, 0.1) is 12.8 Å². The summed E-state index contributed by atoms with van der Waals surface area (Å²) in [5.74, 6) is 0.770. The fraction of sp³-hybridized carbons (Fsp3) is 0.500. The number of methoxy groups -OCH3 is 1. The summed E-state index contributed by atoms with van der Waals surface area (Å²) in [5.41, 5.74) is 7.71. The van der Waals surface area contributed by atoms with Gasteiger partial charge in [0, 0.05) is 24.3 Å². The van der Waals surface area contributed by atoms with E-state index < -0.39 is 0 Å². The molecule has 1 aliphatic carbocycles. The number of rotatable bonds is 4. The molecule has 0 aromatic heterocycles. The van der Waals surface area contributed by atoms with Crippen molar-refractivity contribution in [2.24, 2.45) is 0 Å². The van der Waals surface area contributed by atoms with Gasteiger partial charge in [-0.15, -0.1) is 0 Å². The third-order valence-corrected chi connectivity index (χ3v) is 2.88. The largest absolute Gasteiger partial charge is 0.495 e. The number of nitrogen functional groups attached to an aromatic ring is 1. The molecule has 2 N–H and O–H groups in total. The molecule has 1 aliphatic rings. The van der Waals surface area contributed by atoms with Crippen molar-refractivity contribution in [2.45, 2.75) is 25.8 Å². The van der Waals surface area contributed by atoms with Gasteiger partial charge in [-0.3, -0.25) is 0 Å². The molecule has 0 unspecified atom stereocenters. The molecule has 82 valence electrons. The first kappa shape index (κ1) is 10.1. The summed E-state index contributed by atoms with van der Waals surface area (Å²) in [5, 5.41) is 0. The molecule has 1 aromatic carbocycles. The average molecular weight is 206 g/mol. The SMILES string of the molecule is CCN(c1ccc(N)c(OC)c1)C1CC1. The van der Waals surface area contributed by atoms with Crippen molar-refractivity contribution in [2.75, 3.05) is 24.3 Å².